The molecule has 8 aromatic rings. The zero-order valence-electron chi connectivity index (χ0n) is 26.7. The molecule has 0 unspecified atom stereocenters. The first-order valence-electron chi connectivity index (χ1n) is 16.1. The van der Waals surface area contributed by atoms with Crippen molar-refractivity contribution in [1.29, 1.82) is 0 Å². The third kappa shape index (κ3) is 5.51. The molecule has 1 aromatic heterocycles. The monoisotopic (exact) mass is 606 g/mol. The number of aliphatic imine (C=N–C) groups is 1. The van der Waals surface area contributed by atoms with E-state index in [1.54, 1.807) is 0 Å². The van der Waals surface area contributed by atoms with Crippen LogP contribution in [-0.4, -0.2) is 11.2 Å². The average molecular weight is 607 g/mol. The molecule has 3 heteroatoms. The number of hydrogen-bond donors (Lipinski definition) is 0. The molecule has 0 amide bonds. The lowest BCUT2D eigenvalue weighted by molar-refractivity contribution is 0.584. The van der Waals surface area contributed by atoms with Crippen molar-refractivity contribution in [1.82, 2.24) is 4.98 Å². The van der Waals surface area contributed by atoms with Crippen molar-refractivity contribution in [3.63, 3.8) is 0 Å². The van der Waals surface area contributed by atoms with Crippen molar-refractivity contribution in [2.24, 2.45) is 4.99 Å². The molecular formula is C44H34N2O. The predicted molar refractivity (Wildman–Crippen MR) is 198 cm³/mol. The molecule has 47 heavy (non-hydrogen) atoms. The number of benzene rings is 7. The van der Waals surface area contributed by atoms with Crippen LogP contribution in [0.4, 0.5) is 5.69 Å². The maximum absolute atomic E-state index is 6.58. The molecule has 0 bridgehead atoms. The first-order chi connectivity index (χ1) is 22.9. The highest BCUT2D eigenvalue weighted by molar-refractivity contribution is 6.01. The van der Waals surface area contributed by atoms with Crippen LogP contribution in [-0.2, 0) is 5.41 Å². The van der Waals surface area contributed by atoms with Crippen molar-refractivity contribution >= 4 is 44.5 Å². The van der Waals surface area contributed by atoms with Crippen molar-refractivity contribution in [2.45, 2.75) is 26.2 Å². The molecule has 3 nitrogen and oxygen atoms in total. The molecule has 0 spiro atoms. The van der Waals surface area contributed by atoms with Gasteiger partial charge in [0, 0.05) is 17.3 Å². The molecule has 0 saturated heterocycles. The van der Waals surface area contributed by atoms with Gasteiger partial charge in [0.1, 0.15) is 5.52 Å². The fourth-order valence-electron chi connectivity index (χ4n) is 6.29. The molecule has 0 saturated carbocycles. The number of fused-ring (bicyclic) bond motifs is 3. The molecule has 226 valence electrons. The number of rotatable bonds is 5. The fourth-order valence-corrected chi connectivity index (χ4v) is 6.29. The molecule has 0 radical (unpaired) electrons. The highest BCUT2D eigenvalue weighted by atomic mass is 16.3. The minimum absolute atomic E-state index is 0.0714. The Hall–Kier alpha value is -5.80. The van der Waals surface area contributed by atoms with Crippen LogP contribution in [0, 0.1) is 0 Å². The van der Waals surface area contributed by atoms with Crippen molar-refractivity contribution in [3.8, 4) is 33.7 Å². The van der Waals surface area contributed by atoms with Crippen LogP contribution >= 0.6 is 0 Å². The summed E-state index contributed by atoms with van der Waals surface area (Å²) in [4.78, 5) is 10.1. The number of hydrogen-bond acceptors (Lipinski definition) is 3. The van der Waals surface area contributed by atoms with Gasteiger partial charge in [-0.05, 0) is 85.6 Å². The van der Waals surface area contributed by atoms with E-state index in [4.69, 9.17) is 14.4 Å². The highest BCUT2D eigenvalue weighted by Crippen LogP contribution is 2.39. The smallest absolute Gasteiger partial charge is 0.229 e. The molecule has 0 atom stereocenters. The molecule has 0 fully saturated rings. The summed E-state index contributed by atoms with van der Waals surface area (Å²) in [5, 5.41) is 4.76. The lowest BCUT2D eigenvalue weighted by Crippen LogP contribution is -2.11. The Balaban J connectivity index is 1.23. The third-order valence-corrected chi connectivity index (χ3v) is 8.92. The maximum atomic E-state index is 6.58. The van der Waals surface area contributed by atoms with E-state index >= 15 is 0 Å². The SMILES string of the molecule is CC(C)(C)c1cc(-c2ccc3cc(-c4ccccc4)ccc3c2)c2nc(-c3ccccc3N=Cc3cccc4ccccc34)oc2c1. The van der Waals surface area contributed by atoms with E-state index in [9.17, 15) is 0 Å². The van der Waals surface area contributed by atoms with Gasteiger partial charge in [0.15, 0.2) is 5.58 Å². The van der Waals surface area contributed by atoms with Crippen LogP contribution in [0.25, 0.3) is 66.4 Å². The van der Waals surface area contributed by atoms with Gasteiger partial charge in [-0.1, -0.05) is 130 Å². The summed E-state index contributed by atoms with van der Waals surface area (Å²) < 4.78 is 6.58. The van der Waals surface area contributed by atoms with E-state index in [2.05, 4.69) is 142 Å². The summed E-state index contributed by atoms with van der Waals surface area (Å²) in [5.41, 5.74) is 10.1. The van der Waals surface area contributed by atoms with Crippen LogP contribution in [0.1, 0.15) is 31.9 Å². The van der Waals surface area contributed by atoms with E-state index in [-0.39, 0.29) is 5.41 Å². The van der Waals surface area contributed by atoms with Gasteiger partial charge >= 0.3 is 0 Å². The van der Waals surface area contributed by atoms with Crippen molar-refractivity contribution in [3.05, 3.63) is 157 Å². The molecule has 1 heterocycles. The van der Waals surface area contributed by atoms with E-state index < -0.39 is 0 Å². The molecule has 0 aliphatic rings. The second-order valence-electron chi connectivity index (χ2n) is 13.1. The first kappa shape index (κ1) is 28.7. The third-order valence-electron chi connectivity index (χ3n) is 8.92. The van der Waals surface area contributed by atoms with E-state index in [0.29, 0.717) is 5.89 Å². The maximum Gasteiger partial charge on any atom is 0.229 e. The van der Waals surface area contributed by atoms with Gasteiger partial charge in [-0.2, -0.15) is 0 Å². The van der Waals surface area contributed by atoms with Gasteiger partial charge in [-0.3, -0.25) is 4.99 Å². The molecular weight excluding hydrogens is 572 g/mol. The number of oxazole rings is 1. The Morgan fingerprint density at radius 3 is 2.11 bits per heavy atom. The van der Waals surface area contributed by atoms with Gasteiger partial charge in [0.05, 0.1) is 11.3 Å². The molecule has 7 aromatic carbocycles. The van der Waals surface area contributed by atoms with E-state index in [1.807, 2.05) is 30.5 Å². The summed E-state index contributed by atoms with van der Waals surface area (Å²) in [6, 6.07) is 51.0. The van der Waals surface area contributed by atoms with Gasteiger partial charge < -0.3 is 4.42 Å². The second kappa shape index (κ2) is 11.5. The van der Waals surface area contributed by atoms with Crippen LogP contribution in [0.2, 0.25) is 0 Å². The summed E-state index contributed by atoms with van der Waals surface area (Å²) in [6.45, 7) is 6.70. The summed E-state index contributed by atoms with van der Waals surface area (Å²) in [6.07, 6.45) is 1.94. The van der Waals surface area contributed by atoms with Crippen molar-refractivity contribution < 1.29 is 4.42 Å². The molecule has 0 aliphatic carbocycles. The van der Waals surface area contributed by atoms with Gasteiger partial charge in [0.2, 0.25) is 5.89 Å². The van der Waals surface area contributed by atoms with E-state index in [1.165, 1.54) is 38.2 Å². The molecule has 8 rings (SSSR count). The van der Waals surface area contributed by atoms with Gasteiger partial charge in [-0.15, -0.1) is 0 Å². The Bertz CT molecular complexity index is 2440. The largest absolute Gasteiger partial charge is 0.436 e. The fraction of sp³-hybridized carbons (Fsp3) is 0.0909. The van der Waals surface area contributed by atoms with Gasteiger partial charge in [-0.25, -0.2) is 4.98 Å². The van der Waals surface area contributed by atoms with Crippen LogP contribution < -0.4 is 0 Å². The number of aromatic nitrogens is 1. The molecule has 0 N–H and O–H groups in total. The summed E-state index contributed by atoms with van der Waals surface area (Å²) in [5.74, 6) is 0.561. The zero-order valence-corrected chi connectivity index (χ0v) is 26.7. The van der Waals surface area contributed by atoms with Crippen LogP contribution in [0.5, 0.6) is 0 Å². The minimum Gasteiger partial charge on any atom is -0.436 e. The van der Waals surface area contributed by atoms with Crippen LogP contribution in [0.3, 0.4) is 0 Å². The Kier molecular flexibility index (Phi) is 7.03. The van der Waals surface area contributed by atoms with Crippen molar-refractivity contribution in [2.75, 3.05) is 0 Å². The number of para-hydroxylation sites is 1. The quantitative estimate of drug-likeness (QED) is 0.183. The van der Waals surface area contributed by atoms with Gasteiger partial charge in [0.25, 0.3) is 0 Å². The lowest BCUT2D eigenvalue weighted by atomic mass is 9.85. The Morgan fingerprint density at radius 2 is 1.28 bits per heavy atom. The zero-order chi connectivity index (χ0) is 32.0. The average Bonchev–Trinajstić information content (AvgIpc) is 3.54. The molecule has 0 aliphatic heterocycles. The summed E-state index contributed by atoms with van der Waals surface area (Å²) in [7, 11) is 0. The summed E-state index contributed by atoms with van der Waals surface area (Å²) >= 11 is 0. The minimum atomic E-state index is -0.0714. The van der Waals surface area contributed by atoms with Crippen LogP contribution in [0.15, 0.2) is 155 Å². The highest BCUT2D eigenvalue weighted by Gasteiger charge is 2.21. The standard InChI is InChI=1S/C44H34N2O/c1-44(2,3)36-26-39(34-23-22-32-24-31(20-21-33(32)25-34)29-12-5-4-6-13-29)42-41(27-36)47-43(46-42)38-18-9-10-19-40(38)45-28-35-16-11-15-30-14-7-8-17-37(30)35/h4-28H,1-3H3. The predicted octanol–water partition coefficient (Wildman–Crippen LogP) is 12.2. The first-order valence-corrected chi connectivity index (χ1v) is 16.1. The topological polar surface area (TPSA) is 38.4 Å². The number of nitrogens with zero attached hydrogens (tertiary/aromatic N) is 2. The normalized spacial score (nSPS) is 12.1. The Labute approximate surface area is 274 Å². The Morgan fingerprint density at radius 1 is 0.574 bits per heavy atom. The lowest BCUT2D eigenvalue weighted by Gasteiger charge is -2.20. The second-order valence-corrected chi connectivity index (χ2v) is 13.1. The van der Waals surface area contributed by atoms with E-state index in [0.717, 1.165) is 39.0 Å².